The van der Waals surface area contributed by atoms with E-state index < -0.39 is 23.4 Å². The van der Waals surface area contributed by atoms with E-state index in [9.17, 15) is 22.0 Å². The standard InChI is InChI=1S/C21H20F5N9/c22-13-1-2-14-17(16(13)23)30-15(29-14)10-27-19-32-20(34-8-7-33-5-3-11(34)4-6-33)31-18-12(21(24,25)26)9-28-35(18)19/h1-2,9,11H,3-8,10H2,(H,29,30)(H,27,31,32). The Kier molecular flexibility index (Phi) is 5.02. The van der Waals surface area contributed by atoms with Crippen LogP contribution in [0, 0.1) is 11.6 Å². The van der Waals surface area contributed by atoms with Crippen molar-refractivity contribution in [2.75, 3.05) is 36.4 Å². The topological polar surface area (TPSA) is 90.3 Å². The van der Waals surface area contributed by atoms with Crippen molar-refractivity contribution >= 4 is 28.6 Å². The van der Waals surface area contributed by atoms with E-state index in [1.807, 2.05) is 4.90 Å². The molecule has 2 bridgehead atoms. The lowest BCUT2D eigenvalue weighted by atomic mass is 10.1. The van der Waals surface area contributed by atoms with E-state index in [-0.39, 0.29) is 41.5 Å². The number of imidazole rings is 1. The van der Waals surface area contributed by atoms with Gasteiger partial charge in [-0.1, -0.05) is 0 Å². The first-order valence-corrected chi connectivity index (χ1v) is 11.2. The van der Waals surface area contributed by atoms with Crippen LogP contribution in [-0.4, -0.2) is 66.7 Å². The Balaban J connectivity index is 1.39. The number of nitrogens with zero attached hydrogens (tertiary/aromatic N) is 7. The Hall–Kier alpha value is -3.55. The lowest BCUT2D eigenvalue weighted by molar-refractivity contribution is -0.136. The highest BCUT2D eigenvalue weighted by atomic mass is 19.4. The number of aromatic amines is 1. The molecule has 4 aromatic rings. The van der Waals surface area contributed by atoms with Crippen molar-refractivity contribution in [1.82, 2.24) is 34.4 Å². The number of benzene rings is 1. The smallest absolute Gasteiger partial charge is 0.347 e. The van der Waals surface area contributed by atoms with Crippen molar-refractivity contribution in [3.63, 3.8) is 0 Å². The molecule has 6 heterocycles. The van der Waals surface area contributed by atoms with E-state index in [4.69, 9.17) is 0 Å². The van der Waals surface area contributed by atoms with Crippen molar-refractivity contribution in [3.8, 4) is 0 Å². The first kappa shape index (κ1) is 21.9. The summed E-state index contributed by atoms with van der Waals surface area (Å²) in [6, 6.07) is 2.48. The molecule has 14 heteroatoms. The van der Waals surface area contributed by atoms with E-state index in [2.05, 4.69) is 35.3 Å². The molecule has 0 unspecified atom stereocenters. The number of alkyl halides is 3. The molecular weight excluding hydrogens is 473 g/mol. The van der Waals surface area contributed by atoms with Crippen LogP contribution in [0.25, 0.3) is 16.7 Å². The number of anilines is 2. The van der Waals surface area contributed by atoms with Crippen LogP contribution in [0.2, 0.25) is 0 Å². The van der Waals surface area contributed by atoms with Gasteiger partial charge in [-0.3, -0.25) is 0 Å². The van der Waals surface area contributed by atoms with Gasteiger partial charge in [0.1, 0.15) is 16.9 Å². The fourth-order valence-electron chi connectivity index (χ4n) is 4.77. The molecule has 0 saturated carbocycles. The molecule has 0 atom stereocenters. The van der Waals surface area contributed by atoms with E-state index in [1.54, 1.807) is 0 Å². The van der Waals surface area contributed by atoms with Gasteiger partial charge in [0.05, 0.1) is 18.3 Å². The largest absolute Gasteiger partial charge is 0.421 e. The normalized spacial score (nSPS) is 20.7. The molecule has 7 rings (SSSR count). The summed E-state index contributed by atoms with van der Waals surface area (Å²) in [5.74, 6) is -1.62. The first-order valence-electron chi connectivity index (χ1n) is 11.2. The second-order valence-corrected chi connectivity index (χ2v) is 8.70. The van der Waals surface area contributed by atoms with E-state index in [0.29, 0.717) is 12.1 Å². The van der Waals surface area contributed by atoms with Gasteiger partial charge in [-0.2, -0.15) is 32.8 Å². The minimum absolute atomic E-state index is 0.0340. The summed E-state index contributed by atoms with van der Waals surface area (Å²) in [5, 5.41) is 6.80. The number of piperidine rings is 1. The van der Waals surface area contributed by atoms with Gasteiger partial charge in [0.2, 0.25) is 11.9 Å². The van der Waals surface area contributed by atoms with Gasteiger partial charge in [0, 0.05) is 32.2 Å². The molecule has 3 aliphatic heterocycles. The molecule has 0 spiro atoms. The van der Waals surface area contributed by atoms with Crippen LogP contribution < -0.4 is 10.2 Å². The SMILES string of the molecule is Fc1ccc2[nH]c(CNc3nc(N4CCN5CCC4CC5)nc4c(C(F)(F)F)cnn34)nc2c1F. The zero-order valence-electron chi connectivity index (χ0n) is 18.3. The Bertz CT molecular complexity index is 1400. The fourth-order valence-corrected chi connectivity index (χ4v) is 4.77. The highest BCUT2D eigenvalue weighted by molar-refractivity contribution is 5.75. The predicted molar refractivity (Wildman–Crippen MR) is 116 cm³/mol. The minimum atomic E-state index is -4.64. The Labute approximate surface area is 195 Å². The molecule has 2 N–H and O–H groups in total. The van der Waals surface area contributed by atoms with Gasteiger partial charge in [0.25, 0.3) is 0 Å². The van der Waals surface area contributed by atoms with Crippen LogP contribution in [0.5, 0.6) is 0 Å². The number of H-pyrrole nitrogens is 1. The second-order valence-electron chi connectivity index (χ2n) is 8.70. The van der Waals surface area contributed by atoms with E-state index >= 15 is 0 Å². The number of rotatable bonds is 4. The molecule has 184 valence electrons. The number of fused-ring (bicyclic) bond motifs is 6. The number of hydrogen-bond donors (Lipinski definition) is 2. The predicted octanol–water partition coefficient (Wildman–Crippen LogP) is 3.19. The summed E-state index contributed by atoms with van der Waals surface area (Å²) >= 11 is 0. The van der Waals surface area contributed by atoms with Crippen molar-refractivity contribution in [2.24, 2.45) is 0 Å². The Morgan fingerprint density at radius 3 is 2.60 bits per heavy atom. The van der Waals surface area contributed by atoms with E-state index in [0.717, 1.165) is 49.3 Å². The highest BCUT2D eigenvalue weighted by Crippen LogP contribution is 2.34. The number of nitrogens with one attached hydrogen (secondary N) is 2. The van der Waals surface area contributed by atoms with E-state index in [1.165, 1.54) is 6.07 Å². The molecule has 3 aliphatic rings. The maximum absolute atomic E-state index is 14.0. The average molecular weight is 493 g/mol. The van der Waals surface area contributed by atoms with Gasteiger partial charge in [-0.25, -0.2) is 13.8 Å². The van der Waals surface area contributed by atoms with Crippen LogP contribution in [0.1, 0.15) is 24.2 Å². The number of halogens is 5. The van der Waals surface area contributed by atoms with Crippen LogP contribution >= 0.6 is 0 Å². The molecule has 0 amide bonds. The zero-order valence-corrected chi connectivity index (χ0v) is 18.3. The van der Waals surface area contributed by atoms with Gasteiger partial charge >= 0.3 is 6.18 Å². The minimum Gasteiger partial charge on any atom is -0.347 e. The van der Waals surface area contributed by atoms with Crippen molar-refractivity contribution < 1.29 is 22.0 Å². The Morgan fingerprint density at radius 2 is 1.83 bits per heavy atom. The van der Waals surface area contributed by atoms with Crippen LogP contribution in [0.4, 0.5) is 33.8 Å². The third-order valence-electron chi connectivity index (χ3n) is 6.58. The number of aromatic nitrogens is 6. The van der Waals surface area contributed by atoms with Gasteiger partial charge in [-0.15, -0.1) is 0 Å². The molecule has 9 nitrogen and oxygen atoms in total. The van der Waals surface area contributed by atoms with Gasteiger partial charge in [-0.05, 0) is 25.0 Å². The monoisotopic (exact) mass is 493 g/mol. The quantitative estimate of drug-likeness (QED) is 0.422. The molecule has 0 radical (unpaired) electrons. The average Bonchev–Trinajstić information content (AvgIpc) is 3.34. The molecule has 3 fully saturated rings. The summed E-state index contributed by atoms with van der Waals surface area (Å²) in [7, 11) is 0. The van der Waals surface area contributed by atoms with Crippen molar-refractivity contribution in [1.29, 1.82) is 0 Å². The summed E-state index contributed by atoms with van der Waals surface area (Å²) in [6.45, 7) is 3.20. The second kappa shape index (κ2) is 8.00. The molecule has 35 heavy (non-hydrogen) atoms. The van der Waals surface area contributed by atoms with Gasteiger partial charge < -0.3 is 20.1 Å². The zero-order chi connectivity index (χ0) is 24.3. The van der Waals surface area contributed by atoms with Gasteiger partial charge in [0.15, 0.2) is 17.3 Å². The third-order valence-corrected chi connectivity index (χ3v) is 6.58. The third kappa shape index (κ3) is 3.81. The summed E-state index contributed by atoms with van der Waals surface area (Å²) < 4.78 is 69.6. The summed E-state index contributed by atoms with van der Waals surface area (Å²) in [5.41, 5.74) is -1.19. The summed E-state index contributed by atoms with van der Waals surface area (Å²) in [6.07, 6.45) is -2.17. The van der Waals surface area contributed by atoms with Crippen LogP contribution in [-0.2, 0) is 12.7 Å². The fraction of sp³-hybridized carbons (Fsp3) is 0.429. The van der Waals surface area contributed by atoms with Crippen LogP contribution in [0.15, 0.2) is 18.3 Å². The van der Waals surface area contributed by atoms with Crippen LogP contribution in [0.3, 0.4) is 0 Å². The molecule has 1 aromatic carbocycles. The maximum Gasteiger partial charge on any atom is 0.421 e. The molecular formula is C21H20F5N9. The molecule has 3 saturated heterocycles. The lowest BCUT2D eigenvalue weighted by Gasteiger charge is -2.31. The highest BCUT2D eigenvalue weighted by Gasteiger charge is 2.37. The lowest BCUT2D eigenvalue weighted by Crippen LogP contribution is -2.39. The first-order chi connectivity index (χ1) is 16.8. The molecule has 0 aliphatic carbocycles. The van der Waals surface area contributed by atoms with Crippen molar-refractivity contribution in [3.05, 3.63) is 41.4 Å². The van der Waals surface area contributed by atoms with Crippen molar-refractivity contribution in [2.45, 2.75) is 31.6 Å². The number of hydrogen-bond acceptors (Lipinski definition) is 7. The Morgan fingerprint density at radius 1 is 1.03 bits per heavy atom. The summed E-state index contributed by atoms with van der Waals surface area (Å²) in [4.78, 5) is 20.0. The maximum atomic E-state index is 14.0. The molecule has 3 aromatic heterocycles.